The van der Waals surface area contributed by atoms with Crippen LogP contribution in [0.5, 0.6) is 0 Å². The molecule has 0 amide bonds. The van der Waals surface area contributed by atoms with Gasteiger partial charge in [-0.25, -0.2) is 4.57 Å². The molecule has 3 aromatic rings. The lowest BCUT2D eigenvalue weighted by atomic mass is 9.95. The standard InChI is InChI=1S/C21H24N/c1-14(2)18-8-6-7-17-12-21(22(5)13-20(17)18)19-10-9-15(3)11-16(19)4/h6-14H,1-5H3/q+1. The van der Waals surface area contributed by atoms with Gasteiger partial charge in [0.05, 0.1) is 0 Å². The molecule has 0 N–H and O–H groups in total. The van der Waals surface area contributed by atoms with Gasteiger partial charge < -0.3 is 0 Å². The van der Waals surface area contributed by atoms with Gasteiger partial charge in [-0.1, -0.05) is 49.7 Å². The Hall–Kier alpha value is -2.15. The smallest absolute Gasteiger partial charge is 0.200 e. The first kappa shape index (κ1) is 14.8. The molecule has 0 saturated heterocycles. The third-order valence-electron chi connectivity index (χ3n) is 4.45. The van der Waals surface area contributed by atoms with Crippen LogP contribution in [0.4, 0.5) is 0 Å². The fourth-order valence-corrected chi connectivity index (χ4v) is 3.26. The summed E-state index contributed by atoms with van der Waals surface area (Å²) in [5.74, 6) is 0.538. The minimum absolute atomic E-state index is 0.538. The molecule has 3 rings (SSSR count). The van der Waals surface area contributed by atoms with Crippen LogP contribution in [0.1, 0.15) is 36.5 Å². The SMILES string of the molecule is Cc1ccc(-c2cc3cccc(C(C)C)c3c[n+]2C)c(C)c1. The molecule has 0 atom stereocenters. The van der Waals surface area contributed by atoms with Crippen LogP contribution in [0, 0.1) is 13.8 Å². The summed E-state index contributed by atoms with van der Waals surface area (Å²) in [6.07, 6.45) is 2.28. The van der Waals surface area contributed by atoms with E-state index in [4.69, 9.17) is 0 Å². The van der Waals surface area contributed by atoms with Crippen LogP contribution in [0.3, 0.4) is 0 Å². The predicted molar refractivity (Wildman–Crippen MR) is 94.1 cm³/mol. The second-order valence-corrected chi connectivity index (χ2v) is 6.59. The van der Waals surface area contributed by atoms with Crippen LogP contribution in [0.25, 0.3) is 22.0 Å². The number of benzene rings is 2. The number of aryl methyl sites for hydroxylation is 3. The van der Waals surface area contributed by atoms with Crippen molar-refractivity contribution in [1.29, 1.82) is 0 Å². The number of hydrogen-bond acceptors (Lipinski definition) is 0. The van der Waals surface area contributed by atoms with Gasteiger partial charge in [0.2, 0.25) is 5.69 Å². The normalized spacial score (nSPS) is 11.4. The number of fused-ring (bicyclic) bond motifs is 1. The number of nitrogens with zero attached hydrogens (tertiary/aromatic N) is 1. The highest BCUT2D eigenvalue weighted by Crippen LogP contribution is 2.28. The molecule has 2 aromatic carbocycles. The molecule has 0 unspecified atom stereocenters. The van der Waals surface area contributed by atoms with Crippen molar-refractivity contribution >= 4 is 10.8 Å². The quantitative estimate of drug-likeness (QED) is 0.580. The van der Waals surface area contributed by atoms with Crippen LogP contribution in [-0.4, -0.2) is 0 Å². The Morgan fingerprint density at radius 3 is 2.41 bits per heavy atom. The predicted octanol–water partition coefficient (Wildman–Crippen LogP) is 5.07. The molecule has 1 heterocycles. The van der Waals surface area contributed by atoms with Gasteiger partial charge in [0.1, 0.15) is 7.05 Å². The van der Waals surface area contributed by atoms with Gasteiger partial charge in [0, 0.05) is 17.0 Å². The first-order valence-electron chi connectivity index (χ1n) is 7.97. The van der Waals surface area contributed by atoms with Gasteiger partial charge in [-0.2, -0.15) is 0 Å². The molecule has 112 valence electrons. The highest BCUT2D eigenvalue weighted by atomic mass is 14.9. The van der Waals surface area contributed by atoms with E-state index in [2.05, 4.69) is 88.0 Å². The van der Waals surface area contributed by atoms with E-state index in [-0.39, 0.29) is 0 Å². The largest absolute Gasteiger partial charge is 0.213 e. The summed E-state index contributed by atoms with van der Waals surface area (Å²) in [7, 11) is 2.14. The lowest BCUT2D eigenvalue weighted by Gasteiger charge is -2.11. The molecule has 0 aliphatic rings. The Bertz CT molecular complexity index is 844. The highest BCUT2D eigenvalue weighted by molar-refractivity contribution is 5.87. The molecule has 0 aliphatic carbocycles. The molecular formula is C21H24N+. The molecule has 1 aromatic heterocycles. The van der Waals surface area contributed by atoms with Crippen LogP contribution in [-0.2, 0) is 7.05 Å². The molecule has 0 aliphatic heterocycles. The van der Waals surface area contributed by atoms with E-state index < -0.39 is 0 Å². The number of hydrogen-bond donors (Lipinski definition) is 0. The van der Waals surface area contributed by atoms with Crippen LogP contribution < -0.4 is 4.57 Å². The third kappa shape index (κ3) is 2.52. The summed E-state index contributed by atoms with van der Waals surface area (Å²) < 4.78 is 2.26. The highest BCUT2D eigenvalue weighted by Gasteiger charge is 2.16. The fraction of sp³-hybridized carbons (Fsp3) is 0.286. The van der Waals surface area contributed by atoms with Crippen molar-refractivity contribution in [3.05, 3.63) is 65.4 Å². The molecule has 0 saturated carbocycles. The van der Waals surface area contributed by atoms with Crippen molar-refractivity contribution in [2.75, 3.05) is 0 Å². The molecule has 0 bridgehead atoms. The first-order chi connectivity index (χ1) is 10.5. The summed E-state index contributed by atoms with van der Waals surface area (Å²) in [6, 6.07) is 15.6. The summed E-state index contributed by atoms with van der Waals surface area (Å²) in [6.45, 7) is 8.85. The van der Waals surface area contributed by atoms with Crippen molar-refractivity contribution in [2.45, 2.75) is 33.6 Å². The van der Waals surface area contributed by atoms with Crippen molar-refractivity contribution in [3.63, 3.8) is 0 Å². The molecule has 22 heavy (non-hydrogen) atoms. The van der Waals surface area contributed by atoms with Gasteiger partial charge in [0.15, 0.2) is 6.20 Å². The molecule has 0 spiro atoms. The fourth-order valence-electron chi connectivity index (χ4n) is 3.26. The monoisotopic (exact) mass is 290 g/mol. The number of rotatable bonds is 2. The van der Waals surface area contributed by atoms with Gasteiger partial charge in [0.25, 0.3) is 0 Å². The van der Waals surface area contributed by atoms with Gasteiger partial charge in [-0.15, -0.1) is 0 Å². The van der Waals surface area contributed by atoms with E-state index in [9.17, 15) is 0 Å². The zero-order valence-corrected chi connectivity index (χ0v) is 14.1. The Balaban J connectivity index is 2.26. The molecule has 1 heteroatoms. The van der Waals surface area contributed by atoms with E-state index in [0.29, 0.717) is 5.92 Å². The molecule has 0 radical (unpaired) electrons. The topological polar surface area (TPSA) is 3.88 Å². The maximum atomic E-state index is 2.32. The second kappa shape index (κ2) is 5.57. The lowest BCUT2D eigenvalue weighted by molar-refractivity contribution is -0.659. The van der Waals surface area contributed by atoms with Crippen LogP contribution >= 0.6 is 0 Å². The van der Waals surface area contributed by atoms with E-state index in [1.54, 1.807) is 0 Å². The van der Waals surface area contributed by atoms with Crippen molar-refractivity contribution < 1.29 is 4.57 Å². The Kier molecular flexibility index (Phi) is 3.74. The van der Waals surface area contributed by atoms with Gasteiger partial charge >= 0.3 is 0 Å². The second-order valence-electron chi connectivity index (χ2n) is 6.59. The number of aromatic nitrogens is 1. The zero-order chi connectivity index (χ0) is 15.9. The summed E-state index contributed by atoms with van der Waals surface area (Å²) in [4.78, 5) is 0. The van der Waals surface area contributed by atoms with Crippen LogP contribution in [0.15, 0.2) is 48.7 Å². The molecule has 0 fully saturated rings. The first-order valence-corrected chi connectivity index (χ1v) is 7.97. The average Bonchev–Trinajstić information content (AvgIpc) is 2.46. The summed E-state index contributed by atoms with van der Waals surface area (Å²) in [5, 5.41) is 2.67. The summed E-state index contributed by atoms with van der Waals surface area (Å²) >= 11 is 0. The minimum atomic E-state index is 0.538. The summed E-state index contributed by atoms with van der Waals surface area (Å²) in [5.41, 5.74) is 6.64. The Morgan fingerprint density at radius 1 is 0.955 bits per heavy atom. The minimum Gasteiger partial charge on any atom is -0.200 e. The molecule has 1 nitrogen and oxygen atoms in total. The zero-order valence-electron chi connectivity index (χ0n) is 14.1. The number of pyridine rings is 1. The van der Waals surface area contributed by atoms with Crippen molar-refractivity contribution in [1.82, 2.24) is 0 Å². The van der Waals surface area contributed by atoms with Crippen molar-refractivity contribution in [2.24, 2.45) is 7.05 Å². The maximum absolute atomic E-state index is 2.32. The van der Waals surface area contributed by atoms with Gasteiger partial charge in [-0.05, 0) is 42.3 Å². The molecular weight excluding hydrogens is 266 g/mol. The van der Waals surface area contributed by atoms with E-state index in [1.807, 2.05) is 0 Å². The Labute approximate surface area is 133 Å². The van der Waals surface area contributed by atoms with E-state index in [0.717, 1.165) is 0 Å². The Morgan fingerprint density at radius 2 is 1.73 bits per heavy atom. The maximum Gasteiger partial charge on any atom is 0.213 e. The third-order valence-corrected chi connectivity index (χ3v) is 4.45. The van der Waals surface area contributed by atoms with E-state index in [1.165, 1.54) is 38.7 Å². The van der Waals surface area contributed by atoms with Crippen molar-refractivity contribution in [3.8, 4) is 11.3 Å². The van der Waals surface area contributed by atoms with Gasteiger partial charge in [-0.3, -0.25) is 0 Å². The van der Waals surface area contributed by atoms with Crippen LogP contribution in [0.2, 0.25) is 0 Å². The lowest BCUT2D eigenvalue weighted by Crippen LogP contribution is -2.30. The van der Waals surface area contributed by atoms with E-state index >= 15 is 0 Å². The average molecular weight is 290 g/mol.